The minimum absolute atomic E-state index is 0.0558. The molecule has 3 aliphatic heterocycles. The first-order chi connectivity index (χ1) is 24.8. The van der Waals surface area contributed by atoms with Gasteiger partial charge in [0, 0.05) is 19.5 Å². The number of amides is 5. The minimum atomic E-state index is -3.88. The summed E-state index contributed by atoms with van der Waals surface area (Å²) in [5, 5.41) is 4.95. The van der Waals surface area contributed by atoms with Gasteiger partial charge in [-0.05, 0) is 72.0 Å². The zero-order valence-electron chi connectivity index (χ0n) is 31.8. The van der Waals surface area contributed by atoms with Gasteiger partial charge in [-0.3, -0.25) is 24.0 Å². The van der Waals surface area contributed by atoms with Crippen LogP contribution in [0.1, 0.15) is 110 Å². The number of benzene rings is 1. The third kappa shape index (κ3) is 8.44. The normalized spacial score (nSPS) is 29.4. The number of sulfonamides is 1. The van der Waals surface area contributed by atoms with Crippen molar-refractivity contribution >= 4 is 39.9 Å². The molecule has 3 fully saturated rings. The lowest BCUT2D eigenvalue weighted by Gasteiger charge is -2.35. The molecule has 5 atom stereocenters. The second-order valence-electron chi connectivity index (χ2n) is 17.5. The van der Waals surface area contributed by atoms with Crippen LogP contribution in [0.4, 0.5) is 9.59 Å². The summed E-state index contributed by atoms with van der Waals surface area (Å²) in [5.74, 6) is -2.33. The van der Waals surface area contributed by atoms with Crippen molar-refractivity contribution in [2.75, 3.05) is 13.2 Å². The topological polar surface area (TPSA) is 181 Å². The molecule has 2 saturated carbocycles. The van der Waals surface area contributed by atoms with Gasteiger partial charge in [-0.15, -0.1) is 0 Å². The first-order valence-corrected chi connectivity index (χ1v) is 20.6. The molecule has 1 unspecified atom stereocenters. The lowest BCUT2D eigenvalue weighted by molar-refractivity contribution is -0.143. The Labute approximate surface area is 312 Å². The quantitative estimate of drug-likeness (QED) is 0.388. The lowest BCUT2D eigenvalue weighted by atomic mass is 9.85. The van der Waals surface area contributed by atoms with Crippen LogP contribution in [0.25, 0.3) is 0 Å². The van der Waals surface area contributed by atoms with Crippen LogP contribution < -0.4 is 15.4 Å². The Morgan fingerprint density at radius 2 is 1.77 bits per heavy atom. The van der Waals surface area contributed by atoms with E-state index in [1.54, 1.807) is 25.7 Å². The Hall–Kier alpha value is -3.88. The number of rotatable bonds is 6. The maximum Gasteiger partial charge on any atom is 0.410 e. The van der Waals surface area contributed by atoms with Gasteiger partial charge >= 0.3 is 12.2 Å². The van der Waals surface area contributed by atoms with Crippen molar-refractivity contribution in [3.8, 4) is 0 Å². The second kappa shape index (κ2) is 14.4. The van der Waals surface area contributed by atoms with E-state index in [0.717, 1.165) is 36.8 Å². The number of ether oxygens (including phenoxy) is 2. The van der Waals surface area contributed by atoms with E-state index in [2.05, 4.69) is 21.4 Å². The van der Waals surface area contributed by atoms with E-state index >= 15 is 0 Å². The van der Waals surface area contributed by atoms with Gasteiger partial charge < -0.3 is 25.0 Å². The average molecular weight is 758 g/mol. The molecule has 5 amide bonds. The molecule has 0 radical (unpaired) electrons. The van der Waals surface area contributed by atoms with Gasteiger partial charge in [-0.25, -0.2) is 18.0 Å². The summed E-state index contributed by atoms with van der Waals surface area (Å²) in [7, 11) is -3.88. The standard InChI is InChI=1S/C38H55N5O9S/c1-7-25-18-38(25,33(46)41-53(49,50)27-14-15-27)40-31(44)29-17-26-20-43(29)32(45)30(36(2,3)4)39-34(47)51-22-37(5,6)16-9-8-11-23-12-10-13-24-19-42(21-28(23)24)35(48)52-26/h10,12-13,25-27,29-30H,7-9,11,14-22H2,1-6H3,(H,39,47)(H,40,44)(H,41,46)/t25-,26?,29+,30-,38-/m1/s1. The molecule has 292 valence electrons. The van der Waals surface area contributed by atoms with Crippen molar-refractivity contribution in [1.82, 2.24) is 25.2 Å². The maximum absolute atomic E-state index is 14.5. The molecule has 3 heterocycles. The van der Waals surface area contributed by atoms with E-state index in [1.165, 1.54) is 10.5 Å². The number of cyclic esters (lactones) is 1. The van der Waals surface area contributed by atoms with Crippen LogP contribution in [0, 0.1) is 16.7 Å². The van der Waals surface area contributed by atoms with Crippen molar-refractivity contribution in [2.24, 2.45) is 16.7 Å². The molecule has 1 aromatic carbocycles. The number of carbonyl (C=O) groups is 5. The third-order valence-electron chi connectivity index (χ3n) is 11.5. The number of nitrogens with one attached hydrogen (secondary N) is 3. The zero-order chi connectivity index (χ0) is 38.5. The Bertz CT molecular complexity index is 1750. The smallest absolute Gasteiger partial charge is 0.410 e. The fourth-order valence-electron chi connectivity index (χ4n) is 7.97. The number of nitrogens with zero attached hydrogens (tertiary/aromatic N) is 2. The van der Waals surface area contributed by atoms with E-state index in [9.17, 15) is 32.4 Å². The second-order valence-corrected chi connectivity index (χ2v) is 19.5. The zero-order valence-corrected chi connectivity index (χ0v) is 32.6. The van der Waals surface area contributed by atoms with Crippen molar-refractivity contribution in [1.29, 1.82) is 0 Å². The van der Waals surface area contributed by atoms with Gasteiger partial charge in [0.05, 0.1) is 18.4 Å². The van der Waals surface area contributed by atoms with Crippen LogP contribution in [-0.2, 0) is 53.4 Å². The molecule has 5 aliphatic rings. The van der Waals surface area contributed by atoms with Crippen LogP contribution in [-0.4, -0.2) is 90.3 Å². The van der Waals surface area contributed by atoms with Crippen LogP contribution in [0.5, 0.6) is 0 Å². The number of hydrogen-bond donors (Lipinski definition) is 3. The first-order valence-electron chi connectivity index (χ1n) is 19.0. The Balaban J connectivity index is 1.28. The molecule has 0 aromatic heterocycles. The summed E-state index contributed by atoms with van der Waals surface area (Å²) >= 11 is 0. The third-order valence-corrected chi connectivity index (χ3v) is 13.3. The maximum atomic E-state index is 14.5. The largest absolute Gasteiger partial charge is 0.449 e. The van der Waals surface area contributed by atoms with Gasteiger partial charge in [0.2, 0.25) is 21.8 Å². The molecule has 0 spiro atoms. The predicted molar refractivity (Wildman–Crippen MR) is 194 cm³/mol. The predicted octanol–water partition coefficient (Wildman–Crippen LogP) is 3.90. The number of carbonyl (C=O) groups excluding carboxylic acids is 5. The monoisotopic (exact) mass is 757 g/mol. The van der Waals surface area contributed by atoms with Gasteiger partial charge in [-0.2, -0.15) is 0 Å². The van der Waals surface area contributed by atoms with Crippen LogP contribution in [0.3, 0.4) is 0 Å². The highest BCUT2D eigenvalue weighted by Gasteiger charge is 2.62. The van der Waals surface area contributed by atoms with Crippen LogP contribution in [0.15, 0.2) is 18.2 Å². The van der Waals surface area contributed by atoms with Crippen molar-refractivity contribution in [3.63, 3.8) is 0 Å². The molecule has 4 bridgehead atoms. The molecule has 1 aromatic rings. The molecule has 2 aliphatic carbocycles. The summed E-state index contributed by atoms with van der Waals surface area (Å²) in [6, 6.07) is 3.80. The summed E-state index contributed by atoms with van der Waals surface area (Å²) in [4.78, 5) is 72.1. The number of aryl methyl sites for hydroxylation is 1. The van der Waals surface area contributed by atoms with E-state index in [0.29, 0.717) is 32.4 Å². The average Bonchev–Trinajstić information content (AvgIpc) is 3.97. The van der Waals surface area contributed by atoms with E-state index in [1.807, 2.05) is 32.9 Å². The highest BCUT2D eigenvalue weighted by Crippen LogP contribution is 2.47. The highest BCUT2D eigenvalue weighted by atomic mass is 32.2. The summed E-state index contributed by atoms with van der Waals surface area (Å²) in [6.07, 6.45) is 2.94. The molecular formula is C38H55N5O9S. The van der Waals surface area contributed by atoms with Crippen molar-refractivity contribution in [2.45, 2.75) is 141 Å². The highest BCUT2D eigenvalue weighted by molar-refractivity contribution is 7.91. The SMILES string of the molecule is CC[C@@H]1C[C@]1(NC(=O)[C@@H]1CC2CN1C(=O)[C@H](C(C)(C)C)NC(=O)OCC(C)(C)CCCCc1cccc3c1CN(C3)C(=O)O2)C(=O)NS(=O)(=O)C1CC1. The molecule has 1 saturated heterocycles. The Morgan fingerprint density at radius 3 is 2.43 bits per heavy atom. The summed E-state index contributed by atoms with van der Waals surface area (Å²) in [6.45, 7) is 12.1. The lowest BCUT2D eigenvalue weighted by Crippen LogP contribution is -2.60. The molecule has 53 heavy (non-hydrogen) atoms. The molecule has 6 rings (SSSR count). The van der Waals surface area contributed by atoms with E-state index in [-0.39, 0.29) is 37.3 Å². The van der Waals surface area contributed by atoms with Gasteiger partial charge in [-0.1, -0.05) is 72.6 Å². The number of hydrogen-bond acceptors (Lipinski definition) is 9. The van der Waals surface area contributed by atoms with Gasteiger partial charge in [0.1, 0.15) is 23.7 Å². The van der Waals surface area contributed by atoms with E-state index < -0.39 is 74.3 Å². The molecule has 3 N–H and O–H groups in total. The molecule has 14 nitrogen and oxygen atoms in total. The van der Waals surface area contributed by atoms with Crippen LogP contribution in [0.2, 0.25) is 0 Å². The Morgan fingerprint density at radius 1 is 1.06 bits per heavy atom. The van der Waals surface area contributed by atoms with Crippen LogP contribution >= 0.6 is 0 Å². The van der Waals surface area contributed by atoms with Gasteiger partial charge in [0.25, 0.3) is 5.91 Å². The van der Waals surface area contributed by atoms with Crippen molar-refractivity contribution in [3.05, 3.63) is 34.9 Å². The first kappa shape index (κ1) is 38.8. The van der Waals surface area contributed by atoms with Crippen molar-refractivity contribution < 1.29 is 41.9 Å². The summed E-state index contributed by atoms with van der Waals surface area (Å²) in [5.41, 5.74) is 0.742. The minimum Gasteiger partial charge on any atom is -0.449 e. The fourth-order valence-corrected chi connectivity index (χ4v) is 9.33. The summed E-state index contributed by atoms with van der Waals surface area (Å²) < 4.78 is 39.3. The van der Waals surface area contributed by atoms with E-state index in [4.69, 9.17) is 9.47 Å². The molecule has 15 heteroatoms. The Kier molecular flexibility index (Phi) is 10.6. The number of alkyl carbamates (subject to hydrolysis) is 1. The molecular weight excluding hydrogens is 703 g/mol. The fraction of sp³-hybridized carbons (Fsp3) is 0.711. The van der Waals surface area contributed by atoms with Gasteiger partial charge in [0.15, 0.2) is 0 Å². The number of fused-ring (bicyclic) bond motifs is 3.